The molecule has 4 rings (SSSR count). The molecule has 0 fully saturated rings. The average Bonchev–Trinajstić information content (AvgIpc) is 3.22. The molecule has 0 unspecified atom stereocenters. The van der Waals surface area contributed by atoms with Crippen LogP contribution in [0.2, 0.25) is 0 Å². The molecule has 2 heterocycles. The van der Waals surface area contributed by atoms with Crippen LogP contribution in [0.25, 0.3) is 20.4 Å². The number of aryl methyl sites for hydroxylation is 1. The van der Waals surface area contributed by atoms with E-state index in [-0.39, 0.29) is 5.91 Å². The van der Waals surface area contributed by atoms with Crippen LogP contribution in [0.1, 0.15) is 5.01 Å². The number of carbonyl (C=O) groups is 1. The molecule has 2 aromatic carbocycles. The lowest BCUT2D eigenvalue weighted by atomic mass is 10.3. The third-order valence-electron chi connectivity index (χ3n) is 3.69. The highest BCUT2D eigenvalue weighted by molar-refractivity contribution is 8.00. The van der Waals surface area contributed by atoms with Gasteiger partial charge in [0.25, 0.3) is 0 Å². The zero-order chi connectivity index (χ0) is 18.1. The number of hydrogen-bond acceptors (Lipinski definition) is 7. The van der Waals surface area contributed by atoms with Crippen LogP contribution in [-0.4, -0.2) is 28.7 Å². The summed E-state index contributed by atoms with van der Waals surface area (Å²) in [6.07, 6.45) is 0. The third-order valence-corrected chi connectivity index (χ3v) is 6.84. The molecule has 132 valence electrons. The zero-order valence-electron chi connectivity index (χ0n) is 14.1. The van der Waals surface area contributed by atoms with Crippen molar-refractivity contribution in [3.63, 3.8) is 0 Å². The number of nitrogens with one attached hydrogen (secondary N) is 1. The van der Waals surface area contributed by atoms with Gasteiger partial charge in [-0.2, -0.15) is 0 Å². The molecule has 0 saturated heterocycles. The number of benzene rings is 2. The van der Waals surface area contributed by atoms with Gasteiger partial charge in [-0.25, -0.2) is 9.97 Å². The molecule has 0 aliphatic heterocycles. The largest absolute Gasteiger partial charge is 0.497 e. The number of methoxy groups -OCH3 is 1. The fourth-order valence-corrected chi connectivity index (χ4v) is 5.24. The van der Waals surface area contributed by atoms with Gasteiger partial charge < -0.3 is 10.1 Å². The maximum absolute atomic E-state index is 12.3. The summed E-state index contributed by atoms with van der Waals surface area (Å²) >= 11 is 4.63. The zero-order valence-corrected chi connectivity index (χ0v) is 16.6. The fourth-order valence-electron chi connectivity index (χ4n) is 2.51. The van der Waals surface area contributed by atoms with Crippen molar-refractivity contribution in [3.8, 4) is 5.75 Å². The fraction of sp³-hybridized carbons (Fsp3) is 0.167. The first-order valence-corrected chi connectivity index (χ1v) is 10.5. The van der Waals surface area contributed by atoms with Crippen LogP contribution in [0.3, 0.4) is 0 Å². The molecule has 0 spiro atoms. The van der Waals surface area contributed by atoms with E-state index >= 15 is 0 Å². The second-order valence-electron chi connectivity index (χ2n) is 5.53. The molecule has 1 amide bonds. The molecule has 1 N–H and O–H groups in total. The molecule has 5 nitrogen and oxygen atoms in total. The quantitative estimate of drug-likeness (QED) is 0.479. The van der Waals surface area contributed by atoms with E-state index in [0.717, 1.165) is 36.1 Å². The van der Waals surface area contributed by atoms with Gasteiger partial charge in [-0.05, 0) is 43.3 Å². The minimum absolute atomic E-state index is 0.0680. The lowest BCUT2D eigenvalue weighted by Crippen LogP contribution is -2.13. The first-order valence-electron chi connectivity index (χ1n) is 7.86. The number of fused-ring (bicyclic) bond motifs is 3. The Hall–Kier alpha value is -2.16. The van der Waals surface area contributed by atoms with Gasteiger partial charge in [0.05, 0.1) is 38.3 Å². The predicted molar refractivity (Wildman–Crippen MR) is 110 cm³/mol. The van der Waals surface area contributed by atoms with Crippen LogP contribution in [-0.2, 0) is 4.79 Å². The smallest absolute Gasteiger partial charge is 0.236 e. The Balaban J connectivity index is 1.45. The Morgan fingerprint density at radius 1 is 1.08 bits per heavy atom. The molecule has 8 heteroatoms. The average molecular weight is 402 g/mol. The van der Waals surface area contributed by atoms with Gasteiger partial charge in [0.15, 0.2) is 5.13 Å². The summed E-state index contributed by atoms with van der Waals surface area (Å²) in [6.45, 7) is 2.00. The summed E-state index contributed by atoms with van der Waals surface area (Å²) in [4.78, 5) is 22.3. The summed E-state index contributed by atoms with van der Waals surface area (Å²) in [6, 6.07) is 11.6. The molecular weight excluding hydrogens is 386 g/mol. The van der Waals surface area contributed by atoms with Crippen LogP contribution >= 0.6 is 34.4 Å². The van der Waals surface area contributed by atoms with Crippen molar-refractivity contribution in [2.75, 3.05) is 18.2 Å². The minimum atomic E-state index is -0.0680. The lowest BCUT2D eigenvalue weighted by molar-refractivity contribution is -0.113. The SMILES string of the molecule is COc1ccc(SCC(=O)Nc2nc3ccc4nc(C)sc4c3s2)cc1. The number of carbonyl (C=O) groups excluding carboxylic acids is 1. The van der Waals surface area contributed by atoms with Crippen molar-refractivity contribution in [1.29, 1.82) is 0 Å². The highest BCUT2D eigenvalue weighted by Gasteiger charge is 2.12. The number of amides is 1. The number of thioether (sulfide) groups is 1. The topological polar surface area (TPSA) is 64.1 Å². The summed E-state index contributed by atoms with van der Waals surface area (Å²) in [5, 5.41) is 4.56. The maximum atomic E-state index is 12.3. The van der Waals surface area contributed by atoms with E-state index in [1.165, 1.54) is 23.1 Å². The Labute approximate surface area is 162 Å². The van der Waals surface area contributed by atoms with Gasteiger partial charge in [-0.15, -0.1) is 23.1 Å². The molecule has 0 bridgehead atoms. The first kappa shape index (κ1) is 17.3. The van der Waals surface area contributed by atoms with Crippen molar-refractivity contribution >= 4 is 65.9 Å². The number of rotatable bonds is 5. The number of nitrogens with zero attached hydrogens (tertiary/aromatic N) is 2. The minimum Gasteiger partial charge on any atom is -0.497 e. The second kappa shape index (κ2) is 7.22. The Morgan fingerprint density at radius 2 is 1.77 bits per heavy atom. The predicted octanol–water partition coefficient (Wildman–Crippen LogP) is 4.95. The molecule has 2 aromatic heterocycles. The molecule has 0 radical (unpaired) electrons. The van der Waals surface area contributed by atoms with Crippen molar-refractivity contribution in [2.24, 2.45) is 0 Å². The van der Waals surface area contributed by atoms with E-state index in [1.54, 1.807) is 18.4 Å². The molecule has 0 saturated carbocycles. The monoisotopic (exact) mass is 401 g/mol. The highest BCUT2D eigenvalue weighted by atomic mass is 32.2. The van der Waals surface area contributed by atoms with Crippen molar-refractivity contribution in [2.45, 2.75) is 11.8 Å². The van der Waals surface area contributed by atoms with E-state index in [9.17, 15) is 4.79 Å². The van der Waals surface area contributed by atoms with Crippen LogP contribution in [0, 0.1) is 6.92 Å². The van der Waals surface area contributed by atoms with Crippen molar-refractivity contribution in [3.05, 3.63) is 41.4 Å². The lowest BCUT2D eigenvalue weighted by Gasteiger charge is -2.03. The summed E-state index contributed by atoms with van der Waals surface area (Å²) in [5.41, 5.74) is 1.88. The van der Waals surface area contributed by atoms with E-state index in [4.69, 9.17) is 4.74 Å². The van der Waals surface area contributed by atoms with Gasteiger partial charge in [0.2, 0.25) is 5.91 Å². The molecule has 0 atom stereocenters. The van der Waals surface area contributed by atoms with Crippen molar-refractivity contribution in [1.82, 2.24) is 9.97 Å². The van der Waals surface area contributed by atoms with Gasteiger partial charge in [0.1, 0.15) is 5.75 Å². The molecule has 0 aliphatic rings. The van der Waals surface area contributed by atoms with Gasteiger partial charge in [-0.1, -0.05) is 11.3 Å². The third kappa shape index (κ3) is 3.53. The molecular formula is C18H15N3O2S3. The van der Waals surface area contributed by atoms with Crippen LogP contribution in [0.5, 0.6) is 5.75 Å². The number of hydrogen-bond donors (Lipinski definition) is 1. The van der Waals surface area contributed by atoms with Gasteiger partial charge in [-0.3, -0.25) is 4.79 Å². The second-order valence-corrected chi connectivity index (χ2v) is 8.78. The van der Waals surface area contributed by atoms with E-state index in [0.29, 0.717) is 10.9 Å². The normalized spacial score (nSPS) is 11.2. The van der Waals surface area contributed by atoms with E-state index < -0.39 is 0 Å². The van der Waals surface area contributed by atoms with Gasteiger partial charge in [0, 0.05) is 4.90 Å². The highest BCUT2D eigenvalue weighted by Crippen LogP contribution is 2.35. The van der Waals surface area contributed by atoms with Crippen LogP contribution in [0.15, 0.2) is 41.3 Å². The van der Waals surface area contributed by atoms with Crippen molar-refractivity contribution < 1.29 is 9.53 Å². The Bertz CT molecular complexity index is 1090. The summed E-state index contributed by atoms with van der Waals surface area (Å²) in [5.74, 6) is 1.07. The summed E-state index contributed by atoms with van der Waals surface area (Å²) < 4.78 is 7.34. The summed E-state index contributed by atoms with van der Waals surface area (Å²) in [7, 11) is 1.63. The number of ether oxygens (including phenoxy) is 1. The van der Waals surface area contributed by atoms with Crippen LogP contribution < -0.4 is 10.1 Å². The molecule has 26 heavy (non-hydrogen) atoms. The number of anilines is 1. The van der Waals surface area contributed by atoms with E-state index in [2.05, 4.69) is 15.3 Å². The van der Waals surface area contributed by atoms with Crippen LogP contribution in [0.4, 0.5) is 5.13 Å². The Morgan fingerprint density at radius 3 is 2.50 bits per heavy atom. The van der Waals surface area contributed by atoms with Gasteiger partial charge >= 0.3 is 0 Å². The standard InChI is InChI=1S/C18H15N3O2S3/c1-10-19-13-7-8-14-17(16(13)25-10)26-18(20-14)21-15(22)9-24-12-5-3-11(23-2)4-6-12/h3-8H,9H2,1-2H3,(H,20,21,22). The maximum Gasteiger partial charge on any atom is 0.236 e. The van der Waals surface area contributed by atoms with E-state index in [1.807, 2.05) is 43.3 Å². The Kier molecular flexibility index (Phi) is 4.80. The number of aromatic nitrogens is 2. The molecule has 0 aliphatic carbocycles. The number of thiazole rings is 2. The molecule has 4 aromatic rings. The first-order chi connectivity index (χ1) is 12.6.